The van der Waals surface area contributed by atoms with Gasteiger partial charge in [-0.1, -0.05) is 54.2 Å². The molecular weight excluding hydrogens is 488 g/mol. The van der Waals surface area contributed by atoms with Crippen molar-refractivity contribution in [3.8, 4) is 11.5 Å². The standard InChI is InChI=1S/C29H26N2O5S/c1-5-17-8-12-21-23(14-17)37-29(30-21)31-25(20-15-19(35-3)11-13-22(20)36-4)24(27(33)28(31)34)26(32)18-9-6-16(2)7-10-18/h6-15,25,32H,5H2,1-4H3/b26-24+/t25-/m1/s1. The maximum absolute atomic E-state index is 13.6. The molecule has 0 unspecified atom stereocenters. The van der Waals surface area contributed by atoms with Gasteiger partial charge in [-0.3, -0.25) is 14.5 Å². The average Bonchev–Trinajstić information content (AvgIpc) is 3.45. The van der Waals surface area contributed by atoms with E-state index >= 15 is 0 Å². The Morgan fingerprint density at radius 3 is 2.46 bits per heavy atom. The molecule has 37 heavy (non-hydrogen) atoms. The van der Waals surface area contributed by atoms with Gasteiger partial charge < -0.3 is 14.6 Å². The van der Waals surface area contributed by atoms with Crippen LogP contribution < -0.4 is 14.4 Å². The van der Waals surface area contributed by atoms with Crippen LogP contribution in [0.25, 0.3) is 16.0 Å². The number of methoxy groups -OCH3 is 2. The normalized spacial score (nSPS) is 17.0. The molecule has 1 aromatic heterocycles. The maximum atomic E-state index is 13.6. The van der Waals surface area contributed by atoms with Gasteiger partial charge >= 0.3 is 5.91 Å². The molecule has 1 N–H and O–H groups in total. The number of aromatic nitrogens is 1. The molecule has 1 saturated heterocycles. The van der Waals surface area contributed by atoms with Crippen molar-refractivity contribution in [2.45, 2.75) is 26.3 Å². The van der Waals surface area contributed by atoms with E-state index in [1.807, 2.05) is 37.3 Å². The van der Waals surface area contributed by atoms with Crippen molar-refractivity contribution in [3.05, 3.63) is 88.5 Å². The van der Waals surface area contributed by atoms with E-state index in [0.29, 0.717) is 27.8 Å². The summed E-state index contributed by atoms with van der Waals surface area (Å²) in [6.07, 6.45) is 0.866. The zero-order valence-electron chi connectivity index (χ0n) is 20.9. The lowest BCUT2D eigenvalue weighted by Gasteiger charge is -2.25. The number of nitrogens with zero attached hydrogens (tertiary/aromatic N) is 2. The molecule has 1 atom stereocenters. The summed E-state index contributed by atoms with van der Waals surface area (Å²) in [6, 6.07) is 17.3. The monoisotopic (exact) mass is 514 g/mol. The fourth-order valence-corrected chi connectivity index (χ4v) is 5.58. The Morgan fingerprint density at radius 2 is 1.78 bits per heavy atom. The lowest BCUT2D eigenvalue weighted by atomic mass is 9.94. The van der Waals surface area contributed by atoms with Gasteiger partial charge in [-0.05, 0) is 49.2 Å². The number of ether oxygens (including phenoxy) is 2. The molecule has 8 heteroatoms. The molecule has 1 fully saturated rings. The molecule has 0 bridgehead atoms. The summed E-state index contributed by atoms with van der Waals surface area (Å²) < 4.78 is 12.0. The summed E-state index contributed by atoms with van der Waals surface area (Å²) in [5, 5.41) is 11.7. The highest BCUT2D eigenvalue weighted by Crippen LogP contribution is 2.47. The first kappa shape index (κ1) is 24.5. The van der Waals surface area contributed by atoms with E-state index in [0.717, 1.165) is 27.8 Å². The van der Waals surface area contributed by atoms with E-state index in [4.69, 9.17) is 14.5 Å². The molecule has 1 amide bonds. The number of benzene rings is 3. The van der Waals surface area contributed by atoms with Crippen molar-refractivity contribution in [2.75, 3.05) is 19.1 Å². The number of rotatable bonds is 6. The first-order valence-corrected chi connectivity index (χ1v) is 12.7. The van der Waals surface area contributed by atoms with E-state index < -0.39 is 17.7 Å². The van der Waals surface area contributed by atoms with Crippen LogP contribution in [0, 0.1) is 6.92 Å². The van der Waals surface area contributed by atoms with Crippen molar-refractivity contribution in [1.29, 1.82) is 0 Å². The zero-order valence-corrected chi connectivity index (χ0v) is 21.8. The number of aliphatic hydroxyl groups excluding tert-OH is 1. The molecule has 0 saturated carbocycles. The van der Waals surface area contributed by atoms with Crippen molar-refractivity contribution in [1.82, 2.24) is 4.98 Å². The van der Waals surface area contributed by atoms with Gasteiger partial charge in [0.2, 0.25) is 0 Å². The summed E-state index contributed by atoms with van der Waals surface area (Å²) in [4.78, 5) is 33.1. The summed E-state index contributed by atoms with van der Waals surface area (Å²) in [5.41, 5.74) is 3.79. The largest absolute Gasteiger partial charge is 0.507 e. The average molecular weight is 515 g/mol. The Kier molecular flexibility index (Phi) is 6.43. The molecule has 3 aromatic carbocycles. The fraction of sp³-hybridized carbons (Fsp3) is 0.207. The number of fused-ring (bicyclic) bond motifs is 1. The number of carbonyl (C=O) groups excluding carboxylic acids is 2. The third kappa shape index (κ3) is 4.23. The molecule has 7 nitrogen and oxygen atoms in total. The fourth-order valence-electron chi connectivity index (χ4n) is 4.52. The van der Waals surface area contributed by atoms with Crippen LogP contribution in [-0.4, -0.2) is 36.0 Å². The number of thiazole rings is 1. The summed E-state index contributed by atoms with van der Waals surface area (Å²) in [7, 11) is 3.05. The van der Waals surface area contributed by atoms with Gasteiger partial charge in [0.25, 0.3) is 5.78 Å². The van der Waals surface area contributed by atoms with Crippen LogP contribution in [0.15, 0.2) is 66.2 Å². The third-order valence-corrected chi connectivity index (χ3v) is 7.57. The number of amides is 1. The van der Waals surface area contributed by atoms with E-state index in [9.17, 15) is 14.7 Å². The molecule has 1 aliphatic rings. The predicted molar refractivity (Wildman–Crippen MR) is 145 cm³/mol. The molecule has 0 radical (unpaired) electrons. The van der Waals surface area contributed by atoms with E-state index in [-0.39, 0.29) is 11.3 Å². The van der Waals surface area contributed by atoms with Gasteiger partial charge in [0.05, 0.1) is 30.0 Å². The van der Waals surface area contributed by atoms with E-state index in [1.165, 1.54) is 30.5 Å². The van der Waals surface area contributed by atoms with Gasteiger partial charge in [-0.2, -0.15) is 0 Å². The van der Waals surface area contributed by atoms with Crippen LogP contribution in [0.3, 0.4) is 0 Å². The number of Topliss-reactive ketones (excluding diaryl/α,β-unsaturated/α-hetero) is 1. The van der Waals surface area contributed by atoms with Crippen molar-refractivity contribution >= 4 is 44.1 Å². The Labute approximate surface area is 218 Å². The highest BCUT2D eigenvalue weighted by Gasteiger charge is 2.49. The first-order valence-electron chi connectivity index (χ1n) is 11.9. The SMILES string of the molecule is CCc1ccc2nc(N3C(=O)C(=O)/C(=C(/O)c4ccc(C)cc4)[C@H]3c3cc(OC)ccc3OC)sc2c1. The number of hydrogen-bond donors (Lipinski definition) is 1. The predicted octanol–water partition coefficient (Wildman–Crippen LogP) is 5.81. The Morgan fingerprint density at radius 1 is 1.03 bits per heavy atom. The number of aliphatic hydroxyl groups is 1. The summed E-state index contributed by atoms with van der Waals surface area (Å²) >= 11 is 1.33. The summed E-state index contributed by atoms with van der Waals surface area (Å²) in [6.45, 7) is 4.00. The molecule has 0 aliphatic carbocycles. The van der Waals surface area contributed by atoms with E-state index in [2.05, 4.69) is 6.92 Å². The van der Waals surface area contributed by atoms with Crippen LogP contribution in [0.2, 0.25) is 0 Å². The Hall–Kier alpha value is -4.17. The van der Waals surface area contributed by atoms with E-state index in [1.54, 1.807) is 30.3 Å². The molecule has 5 rings (SSSR count). The van der Waals surface area contributed by atoms with Gasteiger partial charge in [0.1, 0.15) is 23.3 Å². The maximum Gasteiger partial charge on any atom is 0.301 e. The van der Waals surface area contributed by atoms with Crippen molar-refractivity contribution in [3.63, 3.8) is 0 Å². The molecular formula is C29H26N2O5S. The highest BCUT2D eigenvalue weighted by atomic mass is 32.1. The second-order valence-electron chi connectivity index (χ2n) is 8.80. The summed E-state index contributed by atoms with van der Waals surface area (Å²) in [5.74, 6) is -0.847. The van der Waals surface area contributed by atoms with Crippen molar-refractivity contribution < 1.29 is 24.2 Å². The van der Waals surface area contributed by atoms with Gasteiger partial charge in [0.15, 0.2) is 5.13 Å². The van der Waals surface area contributed by atoms with Gasteiger partial charge in [-0.25, -0.2) is 4.98 Å². The third-order valence-electron chi connectivity index (χ3n) is 6.56. The minimum absolute atomic E-state index is 0.0334. The number of anilines is 1. The smallest absolute Gasteiger partial charge is 0.301 e. The second-order valence-corrected chi connectivity index (χ2v) is 9.80. The van der Waals surface area contributed by atoms with Crippen LogP contribution in [0.4, 0.5) is 5.13 Å². The minimum Gasteiger partial charge on any atom is -0.507 e. The number of aryl methyl sites for hydroxylation is 2. The van der Waals surface area contributed by atoms with Crippen LogP contribution in [0.5, 0.6) is 11.5 Å². The quantitative estimate of drug-likeness (QED) is 0.198. The second kappa shape index (κ2) is 9.71. The molecule has 1 aliphatic heterocycles. The van der Waals surface area contributed by atoms with Crippen LogP contribution in [-0.2, 0) is 16.0 Å². The van der Waals surface area contributed by atoms with Crippen molar-refractivity contribution in [2.24, 2.45) is 0 Å². The lowest BCUT2D eigenvalue weighted by molar-refractivity contribution is -0.132. The first-order chi connectivity index (χ1) is 17.9. The minimum atomic E-state index is -0.974. The Bertz CT molecular complexity index is 1550. The number of ketones is 1. The lowest BCUT2D eigenvalue weighted by Crippen LogP contribution is -2.29. The van der Waals surface area contributed by atoms with Gasteiger partial charge in [0, 0.05) is 11.1 Å². The zero-order chi connectivity index (χ0) is 26.3. The van der Waals surface area contributed by atoms with Crippen LogP contribution in [0.1, 0.15) is 35.2 Å². The highest BCUT2D eigenvalue weighted by molar-refractivity contribution is 7.22. The van der Waals surface area contributed by atoms with Gasteiger partial charge in [-0.15, -0.1) is 0 Å². The topological polar surface area (TPSA) is 89.0 Å². The molecule has 4 aromatic rings. The number of carbonyl (C=O) groups is 2. The molecule has 0 spiro atoms. The Balaban J connectivity index is 1.77. The molecule has 188 valence electrons. The van der Waals surface area contributed by atoms with Crippen LogP contribution >= 0.6 is 11.3 Å². The number of hydrogen-bond acceptors (Lipinski definition) is 7. The molecule has 2 heterocycles.